The normalized spacial score (nSPS) is 14.5. The number of amides is 2. The Balaban J connectivity index is 1.61. The van der Waals surface area contributed by atoms with Gasteiger partial charge >= 0.3 is 12.1 Å². The lowest BCUT2D eigenvalue weighted by molar-refractivity contribution is -0.143. The fourth-order valence-corrected chi connectivity index (χ4v) is 3.90. The smallest absolute Gasteiger partial charge is 0.434 e. The van der Waals surface area contributed by atoms with E-state index in [1.807, 2.05) is 0 Å². The molecule has 1 aliphatic rings. The highest BCUT2D eigenvalue weighted by molar-refractivity contribution is 5.94. The molecule has 8 nitrogen and oxygen atoms in total. The van der Waals surface area contributed by atoms with E-state index >= 15 is 0 Å². The predicted octanol–water partition coefficient (Wildman–Crippen LogP) is 3.49. The Morgan fingerprint density at radius 3 is 2.32 bits per heavy atom. The van der Waals surface area contributed by atoms with Crippen LogP contribution in [0.2, 0.25) is 0 Å². The van der Waals surface area contributed by atoms with E-state index in [-0.39, 0.29) is 42.8 Å². The van der Waals surface area contributed by atoms with Crippen molar-refractivity contribution in [2.45, 2.75) is 45.2 Å². The van der Waals surface area contributed by atoms with Crippen molar-refractivity contribution in [2.24, 2.45) is 5.92 Å². The van der Waals surface area contributed by atoms with E-state index in [1.54, 1.807) is 0 Å². The third-order valence-corrected chi connectivity index (χ3v) is 5.59. The first-order valence-corrected chi connectivity index (χ1v) is 11.2. The minimum Gasteiger partial charge on any atom is -0.462 e. The van der Waals surface area contributed by atoms with Crippen molar-refractivity contribution in [3.63, 3.8) is 0 Å². The molecule has 2 aromatic rings. The van der Waals surface area contributed by atoms with E-state index in [9.17, 15) is 27.6 Å². The molecule has 0 radical (unpaired) electrons. The van der Waals surface area contributed by atoms with Gasteiger partial charge in [-0.2, -0.15) is 18.3 Å². The summed E-state index contributed by atoms with van der Waals surface area (Å²) in [6.45, 7) is 1.93. The molecule has 0 unspecified atom stereocenters. The molecular weight excluding hydrogens is 453 g/mol. The third-order valence-electron chi connectivity index (χ3n) is 5.59. The molecule has 1 heterocycles. The molecule has 0 saturated heterocycles. The van der Waals surface area contributed by atoms with Crippen molar-refractivity contribution < 1.29 is 32.3 Å². The van der Waals surface area contributed by atoms with E-state index in [2.05, 4.69) is 20.5 Å². The quantitative estimate of drug-likeness (QED) is 0.445. The van der Waals surface area contributed by atoms with Gasteiger partial charge in [-0.05, 0) is 44.0 Å². The number of nitrogens with one attached hydrogen (secondary N) is 2. The molecule has 0 bridgehead atoms. The highest BCUT2D eigenvalue weighted by atomic mass is 19.4. The van der Waals surface area contributed by atoms with Crippen molar-refractivity contribution in [2.75, 3.05) is 19.7 Å². The molecule has 0 atom stereocenters. The zero-order chi connectivity index (χ0) is 24.7. The van der Waals surface area contributed by atoms with Crippen LogP contribution in [-0.2, 0) is 15.7 Å². The number of halogens is 3. The first kappa shape index (κ1) is 25.3. The first-order valence-electron chi connectivity index (χ1n) is 11.2. The number of benzene rings is 1. The van der Waals surface area contributed by atoms with Gasteiger partial charge < -0.3 is 15.4 Å². The third kappa shape index (κ3) is 6.15. The zero-order valence-electron chi connectivity index (χ0n) is 18.8. The molecule has 184 valence electrons. The Morgan fingerprint density at radius 2 is 1.71 bits per heavy atom. The van der Waals surface area contributed by atoms with Gasteiger partial charge in [-0.15, -0.1) is 0 Å². The van der Waals surface area contributed by atoms with Gasteiger partial charge in [0, 0.05) is 24.6 Å². The Kier molecular flexibility index (Phi) is 8.30. The fourth-order valence-electron chi connectivity index (χ4n) is 3.90. The number of hydrogen-bond donors (Lipinski definition) is 2. The number of nitrogens with zero attached hydrogens (tertiary/aromatic N) is 2. The first-order chi connectivity index (χ1) is 16.2. The summed E-state index contributed by atoms with van der Waals surface area (Å²) in [5, 5.41) is 9.19. The Hall–Kier alpha value is -3.37. The van der Waals surface area contributed by atoms with Crippen molar-refractivity contribution in [1.29, 1.82) is 0 Å². The van der Waals surface area contributed by atoms with E-state index in [0.29, 0.717) is 4.68 Å². The van der Waals surface area contributed by atoms with Crippen molar-refractivity contribution in [3.8, 4) is 5.69 Å². The fraction of sp³-hybridized carbons (Fsp3) is 0.478. The van der Waals surface area contributed by atoms with Crippen molar-refractivity contribution in [3.05, 3.63) is 47.3 Å². The van der Waals surface area contributed by atoms with Gasteiger partial charge in [0.15, 0.2) is 5.69 Å². The van der Waals surface area contributed by atoms with Crippen LogP contribution in [-0.4, -0.2) is 47.3 Å². The van der Waals surface area contributed by atoms with Crippen molar-refractivity contribution in [1.82, 2.24) is 20.4 Å². The highest BCUT2D eigenvalue weighted by Crippen LogP contribution is 2.34. The van der Waals surface area contributed by atoms with Crippen LogP contribution in [0, 0.1) is 5.92 Å². The van der Waals surface area contributed by atoms with Gasteiger partial charge in [-0.1, -0.05) is 19.3 Å². The van der Waals surface area contributed by atoms with Crippen LogP contribution in [0.15, 0.2) is 30.5 Å². The Labute approximate surface area is 194 Å². The van der Waals surface area contributed by atoms with E-state index < -0.39 is 29.3 Å². The summed E-state index contributed by atoms with van der Waals surface area (Å²) in [7, 11) is 0. The Morgan fingerprint density at radius 1 is 1.06 bits per heavy atom. The molecule has 11 heteroatoms. The van der Waals surface area contributed by atoms with Crippen LogP contribution in [0.25, 0.3) is 5.69 Å². The van der Waals surface area contributed by atoms with Crippen LogP contribution in [0.5, 0.6) is 0 Å². The second-order valence-corrected chi connectivity index (χ2v) is 7.97. The lowest BCUT2D eigenvalue weighted by Crippen LogP contribution is -2.38. The number of hydrogen-bond acceptors (Lipinski definition) is 5. The van der Waals surface area contributed by atoms with Crippen LogP contribution >= 0.6 is 0 Å². The number of alkyl halides is 3. The average Bonchev–Trinajstić information content (AvgIpc) is 3.28. The lowest BCUT2D eigenvalue weighted by atomic mass is 9.89. The highest BCUT2D eigenvalue weighted by Gasteiger charge is 2.41. The van der Waals surface area contributed by atoms with Gasteiger partial charge in [0.2, 0.25) is 5.91 Å². The average molecular weight is 480 g/mol. The molecular formula is C23H27F3N4O4. The standard InChI is InChI=1S/C23H27F3N4O4/c1-2-34-22(33)18-14-29-30(19(18)23(24,25)26)17-10-8-16(9-11-17)21(32)28-13-12-27-20(31)15-6-4-3-5-7-15/h8-11,14-15H,2-7,12-13H2,1H3,(H,27,31)(H,28,32). The number of rotatable bonds is 8. The molecule has 0 spiro atoms. The molecule has 1 fully saturated rings. The number of ether oxygens (including phenoxy) is 1. The predicted molar refractivity (Wildman–Crippen MR) is 116 cm³/mol. The van der Waals surface area contributed by atoms with Gasteiger partial charge in [-0.3, -0.25) is 9.59 Å². The van der Waals surface area contributed by atoms with E-state index in [4.69, 9.17) is 0 Å². The summed E-state index contributed by atoms with van der Waals surface area (Å²) in [6, 6.07) is 5.32. The summed E-state index contributed by atoms with van der Waals surface area (Å²) >= 11 is 0. The molecule has 3 rings (SSSR count). The van der Waals surface area contributed by atoms with E-state index in [0.717, 1.165) is 38.3 Å². The second kappa shape index (κ2) is 11.2. The number of carbonyl (C=O) groups excluding carboxylic acids is 3. The summed E-state index contributed by atoms with van der Waals surface area (Å²) in [6.07, 6.45) is 0.995. The van der Waals surface area contributed by atoms with Gasteiger partial charge in [0.25, 0.3) is 5.91 Å². The summed E-state index contributed by atoms with van der Waals surface area (Å²) in [5.74, 6) is -1.51. The topological polar surface area (TPSA) is 102 Å². The van der Waals surface area contributed by atoms with Crippen LogP contribution in [0.1, 0.15) is 65.4 Å². The maximum atomic E-state index is 13.6. The van der Waals surface area contributed by atoms with Gasteiger partial charge in [-0.25, -0.2) is 9.48 Å². The molecule has 0 aliphatic heterocycles. The number of esters is 1. The Bertz CT molecular complexity index is 1010. The monoisotopic (exact) mass is 480 g/mol. The molecule has 1 aromatic carbocycles. The second-order valence-electron chi connectivity index (χ2n) is 7.97. The lowest BCUT2D eigenvalue weighted by Gasteiger charge is -2.20. The molecule has 1 aliphatic carbocycles. The van der Waals surface area contributed by atoms with Crippen molar-refractivity contribution >= 4 is 17.8 Å². The minimum absolute atomic E-state index is 0.000168. The van der Waals surface area contributed by atoms with Gasteiger partial charge in [0.1, 0.15) is 5.56 Å². The molecule has 1 aromatic heterocycles. The number of aromatic nitrogens is 2. The largest absolute Gasteiger partial charge is 0.462 e. The van der Waals surface area contributed by atoms with Crippen LogP contribution < -0.4 is 10.6 Å². The zero-order valence-corrected chi connectivity index (χ0v) is 18.8. The summed E-state index contributed by atoms with van der Waals surface area (Å²) < 4.78 is 46.1. The minimum atomic E-state index is -4.85. The molecule has 1 saturated carbocycles. The number of carbonyl (C=O) groups is 3. The summed E-state index contributed by atoms with van der Waals surface area (Å²) in [5.41, 5.74) is -1.68. The van der Waals surface area contributed by atoms with E-state index in [1.165, 1.54) is 31.2 Å². The maximum absolute atomic E-state index is 13.6. The molecule has 2 amide bonds. The maximum Gasteiger partial charge on any atom is 0.434 e. The SMILES string of the molecule is CCOC(=O)c1cnn(-c2ccc(C(=O)NCCNC(=O)C3CCCCC3)cc2)c1C(F)(F)F. The summed E-state index contributed by atoms with van der Waals surface area (Å²) in [4.78, 5) is 36.4. The van der Waals surface area contributed by atoms with Crippen LogP contribution in [0.4, 0.5) is 13.2 Å². The molecule has 2 N–H and O–H groups in total. The molecule has 34 heavy (non-hydrogen) atoms. The van der Waals surface area contributed by atoms with Gasteiger partial charge in [0.05, 0.1) is 18.5 Å². The van der Waals surface area contributed by atoms with Crippen LogP contribution in [0.3, 0.4) is 0 Å².